The maximum absolute atomic E-state index is 5.76. The van der Waals surface area contributed by atoms with Crippen molar-refractivity contribution in [3.05, 3.63) is 16.1 Å². The van der Waals surface area contributed by atoms with Gasteiger partial charge in [-0.1, -0.05) is 13.8 Å². The Morgan fingerprint density at radius 3 is 2.81 bits per heavy atom. The summed E-state index contributed by atoms with van der Waals surface area (Å²) in [5.41, 5.74) is 7.19. The minimum Gasteiger partial charge on any atom is -0.330 e. The lowest BCUT2D eigenvalue weighted by Crippen LogP contribution is -2.38. The van der Waals surface area contributed by atoms with Crippen molar-refractivity contribution in [1.29, 1.82) is 0 Å². The summed E-state index contributed by atoms with van der Waals surface area (Å²) in [7, 11) is 0. The van der Waals surface area contributed by atoms with Crippen LogP contribution in [0.1, 0.15) is 31.0 Å². The molecule has 1 heterocycles. The Morgan fingerprint density at radius 1 is 1.56 bits per heavy atom. The Labute approximate surface area is 102 Å². The molecule has 16 heavy (non-hydrogen) atoms. The predicted octanol–water partition coefficient (Wildman–Crippen LogP) is 1.96. The number of hydrogen-bond acceptors (Lipinski definition) is 4. The van der Waals surface area contributed by atoms with E-state index >= 15 is 0 Å². The van der Waals surface area contributed by atoms with Gasteiger partial charge < -0.3 is 11.1 Å². The lowest BCUT2D eigenvalue weighted by atomic mass is 9.88. The first-order valence-corrected chi connectivity index (χ1v) is 6.79. The van der Waals surface area contributed by atoms with Gasteiger partial charge in [-0.05, 0) is 25.3 Å². The summed E-state index contributed by atoms with van der Waals surface area (Å²) in [4.78, 5) is 4.44. The van der Waals surface area contributed by atoms with E-state index in [1.165, 1.54) is 5.69 Å². The highest BCUT2D eigenvalue weighted by Gasteiger charge is 2.18. The molecule has 0 saturated carbocycles. The van der Waals surface area contributed by atoms with Crippen LogP contribution < -0.4 is 11.1 Å². The zero-order valence-corrected chi connectivity index (χ0v) is 11.4. The van der Waals surface area contributed by atoms with Gasteiger partial charge in [0.15, 0.2) is 0 Å². The van der Waals surface area contributed by atoms with Crippen LogP contribution in [0.5, 0.6) is 0 Å². The summed E-state index contributed by atoms with van der Waals surface area (Å²) in [5.74, 6) is 0. The van der Waals surface area contributed by atoms with Crippen LogP contribution in [-0.2, 0) is 6.42 Å². The van der Waals surface area contributed by atoms with Crippen molar-refractivity contribution in [3.8, 4) is 0 Å². The second-order valence-electron chi connectivity index (χ2n) is 4.65. The molecule has 0 radical (unpaired) electrons. The molecule has 1 rings (SSSR count). The van der Waals surface area contributed by atoms with Crippen LogP contribution in [0.25, 0.3) is 0 Å². The van der Waals surface area contributed by atoms with Crippen molar-refractivity contribution in [3.63, 3.8) is 0 Å². The maximum atomic E-state index is 5.76. The highest BCUT2D eigenvalue weighted by Crippen LogP contribution is 2.17. The van der Waals surface area contributed by atoms with Crippen molar-refractivity contribution in [2.75, 3.05) is 19.6 Å². The summed E-state index contributed by atoms with van der Waals surface area (Å²) in [5, 5.41) is 6.76. The van der Waals surface area contributed by atoms with Gasteiger partial charge in [0.25, 0.3) is 0 Å². The number of nitrogens with two attached hydrogens (primary N) is 1. The third-order valence-corrected chi connectivity index (χ3v) is 3.94. The van der Waals surface area contributed by atoms with Gasteiger partial charge in [0, 0.05) is 24.9 Å². The van der Waals surface area contributed by atoms with E-state index in [1.54, 1.807) is 11.3 Å². The van der Waals surface area contributed by atoms with Gasteiger partial charge >= 0.3 is 0 Å². The molecule has 0 spiro atoms. The Morgan fingerprint density at radius 2 is 2.31 bits per heavy atom. The van der Waals surface area contributed by atoms with Gasteiger partial charge in [0.2, 0.25) is 0 Å². The third-order valence-electron chi connectivity index (χ3n) is 3.12. The van der Waals surface area contributed by atoms with Crippen LogP contribution in [0, 0.1) is 12.3 Å². The van der Waals surface area contributed by atoms with Gasteiger partial charge in [0.05, 0.1) is 10.7 Å². The molecule has 0 aliphatic carbocycles. The fraction of sp³-hybridized carbons (Fsp3) is 0.750. The van der Waals surface area contributed by atoms with Crippen molar-refractivity contribution in [1.82, 2.24) is 10.3 Å². The van der Waals surface area contributed by atoms with E-state index in [4.69, 9.17) is 5.73 Å². The average Bonchev–Trinajstić information content (AvgIpc) is 2.70. The molecule has 0 aliphatic heterocycles. The van der Waals surface area contributed by atoms with Gasteiger partial charge in [-0.15, -0.1) is 11.3 Å². The van der Waals surface area contributed by atoms with Crippen LogP contribution in [-0.4, -0.2) is 24.6 Å². The van der Waals surface area contributed by atoms with Crippen LogP contribution in [0.4, 0.5) is 0 Å². The topological polar surface area (TPSA) is 50.9 Å². The molecule has 0 aromatic carbocycles. The van der Waals surface area contributed by atoms with Crippen molar-refractivity contribution < 1.29 is 0 Å². The molecule has 4 heteroatoms. The van der Waals surface area contributed by atoms with Crippen LogP contribution in [0.15, 0.2) is 5.38 Å². The quantitative estimate of drug-likeness (QED) is 0.718. The third kappa shape index (κ3) is 4.20. The summed E-state index contributed by atoms with van der Waals surface area (Å²) >= 11 is 1.72. The Kier molecular flexibility index (Phi) is 5.38. The Balaban J connectivity index is 2.21. The number of hydrogen-bond donors (Lipinski definition) is 2. The first kappa shape index (κ1) is 13.6. The van der Waals surface area contributed by atoms with Gasteiger partial charge in [-0.2, -0.15) is 0 Å². The second kappa shape index (κ2) is 6.33. The molecular formula is C12H23N3S. The van der Waals surface area contributed by atoms with Gasteiger partial charge in [-0.25, -0.2) is 4.98 Å². The van der Waals surface area contributed by atoms with E-state index in [0.29, 0.717) is 0 Å². The summed E-state index contributed by atoms with van der Waals surface area (Å²) in [6.07, 6.45) is 2.13. The van der Waals surface area contributed by atoms with E-state index in [0.717, 1.165) is 37.5 Å². The minimum absolute atomic E-state index is 0.234. The first-order valence-electron chi connectivity index (χ1n) is 5.91. The van der Waals surface area contributed by atoms with Crippen LogP contribution in [0.3, 0.4) is 0 Å². The number of aryl methyl sites for hydroxylation is 1. The van der Waals surface area contributed by atoms with Crippen molar-refractivity contribution in [2.24, 2.45) is 11.1 Å². The molecular weight excluding hydrogens is 218 g/mol. The lowest BCUT2D eigenvalue weighted by molar-refractivity contribution is 0.304. The normalized spacial score (nSPS) is 15.0. The number of aromatic nitrogens is 1. The number of rotatable bonds is 7. The summed E-state index contributed by atoms with van der Waals surface area (Å²) in [6.45, 7) is 9.18. The molecule has 0 fully saturated rings. The maximum Gasteiger partial charge on any atom is 0.0897 e. The van der Waals surface area contributed by atoms with Crippen molar-refractivity contribution >= 4 is 11.3 Å². The predicted molar refractivity (Wildman–Crippen MR) is 70.9 cm³/mol. The summed E-state index contributed by atoms with van der Waals surface area (Å²) in [6, 6.07) is 0. The fourth-order valence-electron chi connectivity index (χ4n) is 1.47. The van der Waals surface area contributed by atoms with E-state index in [9.17, 15) is 0 Å². The lowest BCUT2D eigenvalue weighted by Gasteiger charge is -2.26. The molecule has 3 nitrogen and oxygen atoms in total. The number of nitrogens with zero attached hydrogens (tertiary/aromatic N) is 1. The number of thiazole rings is 1. The fourth-order valence-corrected chi connectivity index (χ4v) is 2.12. The van der Waals surface area contributed by atoms with Gasteiger partial charge in [-0.3, -0.25) is 0 Å². The molecule has 0 saturated heterocycles. The second-order valence-corrected chi connectivity index (χ2v) is 5.72. The average molecular weight is 241 g/mol. The largest absolute Gasteiger partial charge is 0.330 e. The molecule has 1 aromatic heterocycles. The standard InChI is InChI=1S/C12H23N3S/c1-4-12(3,8-13)9-14-6-5-11-7-16-10(2)15-11/h7,14H,4-6,8-9,13H2,1-3H3. The van der Waals surface area contributed by atoms with Crippen molar-refractivity contribution in [2.45, 2.75) is 33.6 Å². The monoisotopic (exact) mass is 241 g/mol. The zero-order valence-electron chi connectivity index (χ0n) is 10.5. The van der Waals surface area contributed by atoms with Crippen LogP contribution >= 0.6 is 11.3 Å². The molecule has 1 aromatic rings. The molecule has 1 unspecified atom stereocenters. The molecule has 0 aliphatic rings. The molecule has 0 amide bonds. The number of nitrogens with one attached hydrogen (secondary N) is 1. The molecule has 1 atom stereocenters. The summed E-state index contributed by atoms with van der Waals surface area (Å²) < 4.78 is 0. The van der Waals surface area contributed by atoms with Gasteiger partial charge in [0.1, 0.15) is 0 Å². The van der Waals surface area contributed by atoms with E-state index < -0.39 is 0 Å². The minimum atomic E-state index is 0.234. The van der Waals surface area contributed by atoms with E-state index in [-0.39, 0.29) is 5.41 Å². The van der Waals surface area contributed by atoms with Crippen LogP contribution in [0.2, 0.25) is 0 Å². The highest BCUT2D eigenvalue weighted by atomic mass is 32.1. The Bertz CT molecular complexity index is 305. The molecule has 0 bridgehead atoms. The highest BCUT2D eigenvalue weighted by molar-refractivity contribution is 7.09. The molecule has 92 valence electrons. The van der Waals surface area contributed by atoms with E-state index in [1.807, 2.05) is 6.92 Å². The zero-order chi connectivity index (χ0) is 12.0. The molecule has 3 N–H and O–H groups in total. The first-order chi connectivity index (χ1) is 7.59. The van der Waals surface area contributed by atoms with E-state index in [2.05, 4.69) is 29.5 Å². The SMILES string of the molecule is CCC(C)(CN)CNCCc1csc(C)n1. The smallest absolute Gasteiger partial charge is 0.0897 e. The Hall–Kier alpha value is -0.450.